The van der Waals surface area contributed by atoms with Crippen molar-refractivity contribution in [3.8, 4) is 0 Å². The number of nitrogens with zero attached hydrogens (tertiary/aromatic N) is 3. The fourth-order valence-electron chi connectivity index (χ4n) is 3.74. The van der Waals surface area contributed by atoms with Gasteiger partial charge in [0.1, 0.15) is 7.11 Å². The van der Waals surface area contributed by atoms with Crippen molar-refractivity contribution in [1.29, 1.82) is 0 Å². The van der Waals surface area contributed by atoms with Gasteiger partial charge in [-0.15, -0.1) is 4.73 Å². The molecule has 12 heteroatoms. The highest BCUT2D eigenvalue weighted by Gasteiger charge is 2.30. The van der Waals surface area contributed by atoms with E-state index in [9.17, 15) is 22.8 Å². The van der Waals surface area contributed by atoms with Crippen molar-refractivity contribution in [2.45, 2.75) is 25.7 Å². The van der Waals surface area contributed by atoms with Crippen LogP contribution in [-0.2, 0) is 25.7 Å². The number of anilines is 1. The lowest BCUT2D eigenvalue weighted by atomic mass is 10.1. The summed E-state index contributed by atoms with van der Waals surface area (Å²) < 4.78 is 39.3. The van der Waals surface area contributed by atoms with E-state index >= 15 is 0 Å². The Hall–Kier alpha value is -3.24. The van der Waals surface area contributed by atoms with Gasteiger partial charge in [0.25, 0.3) is 11.5 Å². The number of benzene rings is 2. The number of amides is 1. The van der Waals surface area contributed by atoms with Gasteiger partial charge in [0.15, 0.2) is 0 Å². The van der Waals surface area contributed by atoms with Gasteiger partial charge in [0.2, 0.25) is 5.95 Å². The van der Waals surface area contributed by atoms with Crippen LogP contribution in [0.1, 0.15) is 32.7 Å². The van der Waals surface area contributed by atoms with Crippen LogP contribution in [0.5, 0.6) is 0 Å². The Morgan fingerprint density at radius 2 is 1.89 bits per heavy atom. The molecule has 0 spiro atoms. The first kappa shape index (κ1) is 24.9. The Morgan fingerprint density at radius 1 is 1.17 bits per heavy atom. The van der Waals surface area contributed by atoms with Gasteiger partial charge in [0, 0.05) is 24.5 Å². The topological polar surface area (TPSA) is 76.5 Å². The minimum absolute atomic E-state index is 0.0154. The predicted octanol–water partition coefficient (Wildman–Crippen LogP) is 4.44. The second-order valence-electron chi connectivity index (χ2n) is 7.79. The average Bonchev–Trinajstić information content (AvgIpc) is 2.82. The third kappa shape index (κ3) is 5.23. The quantitative estimate of drug-likeness (QED) is 0.531. The maximum absolute atomic E-state index is 13.1. The van der Waals surface area contributed by atoms with E-state index < -0.39 is 17.3 Å². The Labute approximate surface area is 208 Å². The van der Waals surface area contributed by atoms with Crippen LogP contribution in [0.2, 0.25) is 10.0 Å². The molecule has 0 fully saturated rings. The van der Waals surface area contributed by atoms with E-state index in [2.05, 4.69) is 10.3 Å². The molecule has 0 atom stereocenters. The summed E-state index contributed by atoms with van der Waals surface area (Å²) >= 11 is 12.1. The van der Waals surface area contributed by atoms with Crippen LogP contribution >= 0.6 is 23.2 Å². The molecule has 35 heavy (non-hydrogen) atoms. The van der Waals surface area contributed by atoms with Crippen molar-refractivity contribution in [2.75, 3.05) is 19.0 Å². The van der Waals surface area contributed by atoms with E-state index in [0.717, 1.165) is 16.9 Å². The van der Waals surface area contributed by atoms with E-state index in [0.29, 0.717) is 34.8 Å². The smallest absolute Gasteiger partial charge is 0.411 e. The van der Waals surface area contributed by atoms with Gasteiger partial charge >= 0.3 is 6.18 Å². The third-order valence-electron chi connectivity index (χ3n) is 5.55. The molecule has 184 valence electrons. The molecule has 0 aliphatic carbocycles. The van der Waals surface area contributed by atoms with Crippen LogP contribution in [0.3, 0.4) is 0 Å². The molecule has 0 saturated heterocycles. The molecule has 4 rings (SSSR count). The molecule has 3 aromatic rings. The molecule has 1 aliphatic heterocycles. The summed E-state index contributed by atoms with van der Waals surface area (Å²) in [4.78, 5) is 37.2. The fraction of sp³-hybridized carbons (Fsp3) is 0.261. The number of halogens is 5. The molecule has 0 unspecified atom stereocenters. The number of hydrogen-bond donors (Lipinski definition) is 1. The number of rotatable bonds is 5. The molecular weight excluding hydrogens is 508 g/mol. The van der Waals surface area contributed by atoms with Crippen molar-refractivity contribution in [3.63, 3.8) is 0 Å². The first-order valence-corrected chi connectivity index (χ1v) is 11.2. The van der Waals surface area contributed by atoms with Crippen molar-refractivity contribution >= 4 is 35.1 Å². The Bertz CT molecular complexity index is 1330. The van der Waals surface area contributed by atoms with Gasteiger partial charge in [-0.25, -0.2) is 4.98 Å². The molecule has 1 amide bonds. The minimum atomic E-state index is -4.42. The van der Waals surface area contributed by atoms with Crippen LogP contribution in [0.25, 0.3) is 0 Å². The fourth-order valence-corrected chi connectivity index (χ4v) is 4.23. The van der Waals surface area contributed by atoms with Crippen LogP contribution in [0.4, 0.5) is 19.1 Å². The number of carbonyl (C=O) groups excluding carboxylic acids is 1. The van der Waals surface area contributed by atoms with Gasteiger partial charge in [-0.2, -0.15) is 13.2 Å². The molecule has 2 heterocycles. The predicted molar refractivity (Wildman–Crippen MR) is 125 cm³/mol. The lowest BCUT2D eigenvalue weighted by Gasteiger charge is -2.29. The second-order valence-corrected chi connectivity index (χ2v) is 8.64. The first-order valence-electron chi connectivity index (χ1n) is 10.4. The summed E-state index contributed by atoms with van der Waals surface area (Å²) in [6.45, 7) is 0.445. The average molecular weight is 527 g/mol. The van der Waals surface area contributed by atoms with Gasteiger partial charge in [0.05, 0.1) is 34.0 Å². The number of aromatic nitrogens is 2. The van der Waals surface area contributed by atoms with E-state index in [1.807, 2.05) is 0 Å². The number of fused-ring (bicyclic) bond motifs is 1. The molecular formula is C23H19Cl2F3N4O3. The van der Waals surface area contributed by atoms with Crippen LogP contribution < -0.4 is 15.7 Å². The highest BCUT2D eigenvalue weighted by atomic mass is 35.5. The van der Waals surface area contributed by atoms with Gasteiger partial charge < -0.3 is 15.1 Å². The summed E-state index contributed by atoms with van der Waals surface area (Å²) in [7, 11) is 1.29. The van der Waals surface area contributed by atoms with Crippen LogP contribution in [0, 0.1) is 0 Å². The normalized spacial score (nSPS) is 13.4. The number of nitrogens with one attached hydrogen (secondary N) is 1. The van der Waals surface area contributed by atoms with Gasteiger partial charge in [-0.1, -0.05) is 35.3 Å². The molecule has 0 saturated carbocycles. The van der Waals surface area contributed by atoms with Gasteiger partial charge in [-0.3, -0.25) is 9.59 Å². The summed E-state index contributed by atoms with van der Waals surface area (Å²) in [5.74, 6) is -0.234. The molecule has 1 N–H and O–H groups in total. The largest absolute Gasteiger partial charge is 0.416 e. The zero-order valence-corrected chi connectivity index (χ0v) is 19.8. The van der Waals surface area contributed by atoms with Crippen molar-refractivity contribution in [2.24, 2.45) is 0 Å². The highest BCUT2D eigenvalue weighted by molar-refractivity contribution is 6.36. The maximum atomic E-state index is 13.1. The highest BCUT2D eigenvalue weighted by Crippen LogP contribution is 2.29. The minimum Gasteiger partial charge on any atom is -0.411 e. The third-order valence-corrected chi connectivity index (χ3v) is 6.10. The van der Waals surface area contributed by atoms with E-state index in [-0.39, 0.29) is 35.5 Å². The Morgan fingerprint density at radius 3 is 2.51 bits per heavy atom. The van der Waals surface area contributed by atoms with E-state index in [1.165, 1.54) is 36.3 Å². The summed E-state index contributed by atoms with van der Waals surface area (Å²) in [6.07, 6.45) is -4.10. The summed E-state index contributed by atoms with van der Waals surface area (Å²) in [5, 5.41) is 3.55. The van der Waals surface area contributed by atoms with Crippen LogP contribution in [0.15, 0.2) is 47.3 Å². The zero-order valence-electron chi connectivity index (χ0n) is 18.3. The standard InChI is InChI=1S/C23H19Cl2F3N4O3/c1-35-32-21(34)17-12-31(20(33)16-7-6-15(24)10-18(16)25)9-8-19(17)30-22(32)29-11-13-2-4-14(5-3-13)23(26,27)28/h2-7,10H,8-9,11-12H2,1H3,(H,29,30). The van der Waals surface area contributed by atoms with Crippen molar-refractivity contribution < 1.29 is 22.8 Å². The molecule has 0 bridgehead atoms. The second kappa shape index (κ2) is 9.79. The van der Waals surface area contributed by atoms with E-state index in [4.69, 9.17) is 28.0 Å². The summed E-state index contributed by atoms with van der Waals surface area (Å²) in [6, 6.07) is 9.22. The van der Waals surface area contributed by atoms with Crippen molar-refractivity contribution in [1.82, 2.24) is 14.6 Å². The van der Waals surface area contributed by atoms with Crippen molar-refractivity contribution in [3.05, 3.63) is 90.8 Å². The molecule has 0 radical (unpaired) electrons. The number of hydrogen-bond acceptors (Lipinski definition) is 5. The Kier molecular flexibility index (Phi) is 6.95. The van der Waals surface area contributed by atoms with Crippen LogP contribution in [-0.4, -0.2) is 34.2 Å². The lowest BCUT2D eigenvalue weighted by Crippen LogP contribution is -2.42. The number of alkyl halides is 3. The molecule has 7 nitrogen and oxygen atoms in total. The SMILES string of the molecule is COn1c(NCc2ccc(C(F)(F)F)cc2)nc2c(c1=O)CN(C(=O)c1ccc(Cl)cc1Cl)CC2. The van der Waals surface area contributed by atoms with E-state index in [1.54, 1.807) is 6.07 Å². The summed E-state index contributed by atoms with van der Waals surface area (Å²) in [5.41, 5.74) is 0.396. The molecule has 1 aliphatic rings. The monoisotopic (exact) mass is 526 g/mol. The lowest BCUT2D eigenvalue weighted by molar-refractivity contribution is -0.137. The molecule has 2 aromatic carbocycles. The molecule has 1 aromatic heterocycles. The Balaban J connectivity index is 1.54. The maximum Gasteiger partial charge on any atom is 0.416 e. The zero-order chi connectivity index (χ0) is 25.3. The first-order chi connectivity index (χ1) is 16.6. The van der Waals surface area contributed by atoms with Gasteiger partial charge in [-0.05, 0) is 35.9 Å². The number of carbonyl (C=O) groups is 1.